The van der Waals surface area contributed by atoms with Gasteiger partial charge in [0.1, 0.15) is 0 Å². The van der Waals surface area contributed by atoms with Crippen LogP contribution in [-0.4, -0.2) is 22.2 Å². The Morgan fingerprint density at radius 3 is 1.49 bits per heavy atom. The van der Waals surface area contributed by atoms with Crippen molar-refractivity contribution >= 4 is 45.1 Å². The summed E-state index contributed by atoms with van der Waals surface area (Å²) in [6, 6.07) is 43.3. The Bertz CT molecular complexity index is 1710. The van der Waals surface area contributed by atoms with Crippen molar-refractivity contribution < 1.29 is 19.8 Å². The summed E-state index contributed by atoms with van der Waals surface area (Å²) in [6.07, 6.45) is 0. The van der Waals surface area contributed by atoms with Gasteiger partial charge in [0.15, 0.2) is 0 Å². The number of carbonyl (C=O) groups is 2. The third-order valence-corrected chi connectivity index (χ3v) is 6.18. The van der Waals surface area contributed by atoms with Crippen LogP contribution in [0.4, 0.5) is 0 Å². The van der Waals surface area contributed by atoms with Gasteiger partial charge in [0, 0.05) is 5.02 Å². The monoisotopic (exact) mass is 532 g/mol. The highest BCUT2D eigenvalue weighted by Crippen LogP contribution is 2.28. The molecule has 6 rings (SSSR count). The summed E-state index contributed by atoms with van der Waals surface area (Å²) in [6.45, 7) is 0. The lowest BCUT2D eigenvalue weighted by Gasteiger charge is -2.08. The summed E-state index contributed by atoms with van der Waals surface area (Å²) in [5, 5.41) is 22.9. The van der Waals surface area contributed by atoms with Gasteiger partial charge < -0.3 is 10.2 Å². The van der Waals surface area contributed by atoms with Gasteiger partial charge in [0.2, 0.25) is 0 Å². The first-order chi connectivity index (χ1) is 18.9. The highest BCUT2D eigenvalue weighted by Gasteiger charge is 2.12. The Morgan fingerprint density at radius 1 is 0.487 bits per heavy atom. The van der Waals surface area contributed by atoms with E-state index in [2.05, 4.69) is 0 Å². The van der Waals surface area contributed by atoms with Gasteiger partial charge in [-0.15, -0.1) is 0 Å². The molecule has 0 amide bonds. The Morgan fingerprint density at radius 2 is 0.974 bits per heavy atom. The zero-order chi connectivity index (χ0) is 27.6. The van der Waals surface area contributed by atoms with Crippen LogP contribution in [0, 0.1) is 0 Å². The van der Waals surface area contributed by atoms with Crippen molar-refractivity contribution in [1.29, 1.82) is 0 Å². The molecule has 6 aromatic rings. The molecule has 0 aromatic heterocycles. The average Bonchev–Trinajstić information content (AvgIpc) is 2.97. The quantitative estimate of drug-likeness (QED) is 0.238. The topological polar surface area (TPSA) is 74.6 Å². The number of rotatable bonds is 3. The summed E-state index contributed by atoms with van der Waals surface area (Å²) in [4.78, 5) is 22.1. The number of halogens is 1. The first kappa shape index (κ1) is 27.1. The fourth-order valence-electron chi connectivity index (χ4n) is 4.01. The Kier molecular flexibility index (Phi) is 9.07. The second-order valence-corrected chi connectivity index (χ2v) is 9.02. The lowest BCUT2D eigenvalue weighted by atomic mass is 9.95. The van der Waals surface area contributed by atoms with E-state index in [0.717, 1.165) is 37.7 Å². The number of carboxylic acid groups (broad SMARTS) is 2. The van der Waals surface area contributed by atoms with E-state index in [1.165, 1.54) is 0 Å². The minimum atomic E-state index is -0.899. The first-order valence-corrected chi connectivity index (χ1v) is 12.5. The molecule has 39 heavy (non-hydrogen) atoms. The van der Waals surface area contributed by atoms with E-state index >= 15 is 0 Å². The van der Waals surface area contributed by atoms with Gasteiger partial charge in [-0.2, -0.15) is 0 Å². The maximum Gasteiger partial charge on any atom is 0.336 e. The van der Waals surface area contributed by atoms with Crippen LogP contribution in [0.25, 0.3) is 32.7 Å². The second-order valence-electron chi connectivity index (χ2n) is 8.58. The maximum atomic E-state index is 11.4. The molecule has 0 heterocycles. The Balaban J connectivity index is 0.000000152. The van der Waals surface area contributed by atoms with Crippen LogP contribution < -0.4 is 0 Å². The summed E-state index contributed by atoms with van der Waals surface area (Å²) >= 11 is 5.54. The minimum absolute atomic E-state index is 0.332. The fraction of sp³-hybridized carbons (Fsp3) is 0. The molecular formula is C34H25ClO4. The van der Waals surface area contributed by atoms with Gasteiger partial charge in [-0.3, -0.25) is 0 Å². The van der Waals surface area contributed by atoms with E-state index < -0.39 is 11.9 Å². The molecule has 192 valence electrons. The lowest BCUT2D eigenvalue weighted by Crippen LogP contribution is -1.99. The predicted octanol–water partition coefficient (Wildman–Crippen LogP) is 9.08. The van der Waals surface area contributed by atoms with Crippen molar-refractivity contribution in [2.45, 2.75) is 0 Å². The van der Waals surface area contributed by atoms with E-state index in [-0.39, 0.29) is 0 Å². The average molecular weight is 533 g/mol. The van der Waals surface area contributed by atoms with Crippen molar-refractivity contribution in [2.24, 2.45) is 0 Å². The van der Waals surface area contributed by atoms with Crippen LogP contribution in [0.1, 0.15) is 20.7 Å². The summed E-state index contributed by atoms with van der Waals surface area (Å²) < 4.78 is 0. The largest absolute Gasteiger partial charge is 0.478 e. The molecule has 0 aliphatic heterocycles. The van der Waals surface area contributed by atoms with Gasteiger partial charge in [0.05, 0.1) is 11.1 Å². The van der Waals surface area contributed by atoms with Crippen LogP contribution in [0.5, 0.6) is 0 Å². The smallest absolute Gasteiger partial charge is 0.336 e. The van der Waals surface area contributed by atoms with Crippen LogP contribution in [0.15, 0.2) is 140 Å². The second kappa shape index (κ2) is 13.0. The Hall–Kier alpha value is -4.93. The van der Waals surface area contributed by atoms with Crippen molar-refractivity contribution in [3.8, 4) is 11.1 Å². The number of aromatic carboxylic acids is 2. The molecular weight excluding hydrogens is 508 g/mol. The van der Waals surface area contributed by atoms with Gasteiger partial charge in [-0.05, 0) is 69.1 Å². The van der Waals surface area contributed by atoms with E-state index in [4.69, 9.17) is 16.7 Å². The zero-order valence-electron chi connectivity index (χ0n) is 20.9. The summed E-state index contributed by atoms with van der Waals surface area (Å²) in [7, 11) is 0. The van der Waals surface area contributed by atoms with E-state index in [0.29, 0.717) is 11.1 Å². The van der Waals surface area contributed by atoms with Gasteiger partial charge in [-0.25, -0.2) is 9.59 Å². The third-order valence-electron chi connectivity index (χ3n) is 5.93. The molecule has 0 aliphatic carbocycles. The molecule has 5 heteroatoms. The lowest BCUT2D eigenvalue weighted by molar-refractivity contribution is 0.0686. The van der Waals surface area contributed by atoms with Crippen molar-refractivity contribution in [3.05, 3.63) is 156 Å². The summed E-state index contributed by atoms with van der Waals surface area (Å²) in [5.41, 5.74) is 2.35. The SMILES string of the molecule is Clc1ccccc1.O=C(O)c1cc2ccccc2cc1-c1ccccc1.O=C(O)c1ccc2ccccc2c1. The first-order valence-electron chi connectivity index (χ1n) is 12.2. The number of hydrogen-bond donors (Lipinski definition) is 2. The number of benzene rings is 6. The molecule has 0 radical (unpaired) electrons. The van der Waals surface area contributed by atoms with Crippen LogP contribution in [0.3, 0.4) is 0 Å². The number of fused-ring (bicyclic) bond motifs is 2. The molecule has 0 saturated heterocycles. The highest BCUT2D eigenvalue weighted by atomic mass is 35.5. The van der Waals surface area contributed by atoms with E-state index in [1.807, 2.05) is 121 Å². The van der Waals surface area contributed by atoms with Crippen LogP contribution >= 0.6 is 11.6 Å². The molecule has 0 bridgehead atoms. The number of hydrogen-bond acceptors (Lipinski definition) is 2. The molecule has 0 unspecified atom stereocenters. The Labute approximate surface area is 231 Å². The van der Waals surface area contributed by atoms with Gasteiger partial charge in [0.25, 0.3) is 0 Å². The minimum Gasteiger partial charge on any atom is -0.478 e. The third kappa shape index (κ3) is 7.31. The standard InChI is InChI=1S/C17H12O2.C11H8O2.C6H5Cl/c18-17(19)16-11-14-9-5-4-8-13(14)10-15(16)12-6-2-1-3-7-12;12-11(13)10-6-5-8-3-1-2-4-9(8)7-10;7-6-4-2-1-3-5-6/h1-11H,(H,18,19);1-7H,(H,12,13);1-5H. The van der Waals surface area contributed by atoms with E-state index in [1.54, 1.807) is 18.2 Å². The van der Waals surface area contributed by atoms with E-state index in [9.17, 15) is 14.7 Å². The molecule has 0 atom stereocenters. The van der Waals surface area contributed by atoms with Crippen molar-refractivity contribution in [3.63, 3.8) is 0 Å². The normalized spacial score (nSPS) is 10.1. The zero-order valence-corrected chi connectivity index (χ0v) is 21.6. The number of carboxylic acids is 2. The highest BCUT2D eigenvalue weighted by molar-refractivity contribution is 6.30. The van der Waals surface area contributed by atoms with Gasteiger partial charge in [-0.1, -0.05) is 115 Å². The van der Waals surface area contributed by atoms with Crippen LogP contribution in [-0.2, 0) is 0 Å². The molecule has 6 aromatic carbocycles. The summed E-state index contributed by atoms with van der Waals surface area (Å²) in [5.74, 6) is -1.78. The molecule has 4 nitrogen and oxygen atoms in total. The van der Waals surface area contributed by atoms with Gasteiger partial charge >= 0.3 is 11.9 Å². The molecule has 0 saturated carbocycles. The van der Waals surface area contributed by atoms with Crippen molar-refractivity contribution in [2.75, 3.05) is 0 Å². The molecule has 0 spiro atoms. The molecule has 0 fully saturated rings. The van der Waals surface area contributed by atoms with Crippen LogP contribution in [0.2, 0.25) is 5.02 Å². The predicted molar refractivity (Wildman–Crippen MR) is 159 cm³/mol. The molecule has 2 N–H and O–H groups in total. The maximum absolute atomic E-state index is 11.4. The fourth-order valence-corrected chi connectivity index (χ4v) is 4.16. The van der Waals surface area contributed by atoms with Crippen molar-refractivity contribution in [1.82, 2.24) is 0 Å². The molecule has 0 aliphatic rings.